The highest BCUT2D eigenvalue weighted by molar-refractivity contribution is 7.91. The minimum Gasteiger partial charge on any atom is -0.365 e. The van der Waals surface area contributed by atoms with Crippen LogP contribution in [0.4, 0.5) is 5.13 Å². The first-order valence-corrected chi connectivity index (χ1v) is 9.64. The highest BCUT2D eigenvalue weighted by Gasteiger charge is 2.31. The first kappa shape index (κ1) is 14.6. The summed E-state index contributed by atoms with van der Waals surface area (Å²) in [4.78, 5) is 4.55. The lowest BCUT2D eigenvalue weighted by atomic mass is 10.2. The van der Waals surface area contributed by atoms with Crippen LogP contribution in [0.2, 0.25) is 0 Å². The summed E-state index contributed by atoms with van der Waals surface area (Å²) in [6.45, 7) is 4.08. The summed E-state index contributed by atoms with van der Waals surface area (Å²) in [6, 6.07) is 2.17. The third kappa shape index (κ3) is 2.60. The predicted octanol–water partition coefficient (Wildman–Crippen LogP) is 2.63. The molecule has 3 heterocycles. The van der Waals surface area contributed by atoms with Gasteiger partial charge in [-0.25, -0.2) is 13.4 Å². The molecule has 3 rings (SSSR count). The van der Waals surface area contributed by atoms with E-state index < -0.39 is 9.84 Å². The van der Waals surface area contributed by atoms with Crippen LogP contribution in [0, 0.1) is 13.8 Å². The highest BCUT2D eigenvalue weighted by atomic mass is 32.2. The first-order valence-electron chi connectivity index (χ1n) is 6.94. The van der Waals surface area contributed by atoms with Crippen molar-refractivity contribution in [1.82, 2.24) is 9.55 Å². The largest absolute Gasteiger partial charge is 0.365 e. The van der Waals surface area contributed by atoms with E-state index in [0.29, 0.717) is 12.2 Å². The van der Waals surface area contributed by atoms with Gasteiger partial charge in [0.1, 0.15) is 0 Å². The van der Waals surface area contributed by atoms with Crippen LogP contribution >= 0.6 is 11.3 Å². The molecule has 1 saturated heterocycles. The second kappa shape index (κ2) is 5.14. The number of nitrogens with one attached hydrogen (secondary N) is 1. The Labute approximate surface area is 128 Å². The van der Waals surface area contributed by atoms with Gasteiger partial charge in [0, 0.05) is 35.4 Å². The lowest BCUT2D eigenvalue weighted by Crippen LogP contribution is -2.13. The number of hydrogen-bond acceptors (Lipinski definition) is 5. The molecule has 114 valence electrons. The number of rotatable bonds is 3. The van der Waals surface area contributed by atoms with Gasteiger partial charge in [0.05, 0.1) is 17.2 Å². The molecule has 1 aliphatic heterocycles. The average molecular weight is 325 g/mol. The molecule has 7 heteroatoms. The maximum atomic E-state index is 11.7. The first-order chi connectivity index (χ1) is 9.91. The summed E-state index contributed by atoms with van der Waals surface area (Å²) in [5.74, 6) is 0.548. The Kier molecular flexibility index (Phi) is 3.57. The van der Waals surface area contributed by atoms with Crippen LogP contribution in [0.25, 0.3) is 11.3 Å². The van der Waals surface area contributed by atoms with Gasteiger partial charge >= 0.3 is 0 Å². The standard InChI is InChI=1S/C14H19N3O2S2/c1-9-6-12(13-7-20-14(15-3)16-13)10(2)17(9)11-4-5-21(18,19)8-11/h6-7,11H,4-5,8H2,1-3H3,(H,15,16)/t11-/m1/s1. The van der Waals surface area contributed by atoms with Crippen LogP contribution in [0.3, 0.4) is 0 Å². The van der Waals surface area contributed by atoms with Gasteiger partial charge < -0.3 is 9.88 Å². The monoisotopic (exact) mass is 325 g/mol. The second-order valence-electron chi connectivity index (χ2n) is 5.50. The molecule has 0 radical (unpaired) electrons. The van der Waals surface area contributed by atoms with E-state index in [1.807, 2.05) is 26.3 Å². The minimum absolute atomic E-state index is 0.0613. The zero-order valence-electron chi connectivity index (χ0n) is 12.4. The Morgan fingerprint density at radius 1 is 1.43 bits per heavy atom. The number of nitrogens with zero attached hydrogens (tertiary/aromatic N) is 2. The van der Waals surface area contributed by atoms with Gasteiger partial charge in [0.2, 0.25) is 0 Å². The molecule has 0 aliphatic carbocycles. The Morgan fingerprint density at radius 2 is 2.19 bits per heavy atom. The van der Waals surface area contributed by atoms with Crippen molar-refractivity contribution in [3.05, 3.63) is 22.8 Å². The normalized spacial score (nSPS) is 20.8. The van der Waals surface area contributed by atoms with E-state index in [0.717, 1.165) is 27.8 Å². The predicted molar refractivity (Wildman–Crippen MR) is 86.9 cm³/mol. The molecule has 0 amide bonds. The SMILES string of the molecule is CNc1nc(-c2cc(C)n([C@@H]3CCS(=O)(=O)C3)c2C)cs1. The van der Waals surface area contributed by atoms with Gasteiger partial charge in [0.25, 0.3) is 0 Å². The number of thiazole rings is 1. The molecule has 0 saturated carbocycles. The molecular weight excluding hydrogens is 306 g/mol. The Bertz CT molecular complexity index is 774. The van der Waals surface area contributed by atoms with Crippen LogP contribution < -0.4 is 5.32 Å². The second-order valence-corrected chi connectivity index (χ2v) is 8.59. The zero-order valence-corrected chi connectivity index (χ0v) is 14.0. The molecule has 5 nitrogen and oxygen atoms in total. The van der Waals surface area contributed by atoms with Crippen LogP contribution in [0.15, 0.2) is 11.4 Å². The van der Waals surface area contributed by atoms with Crippen molar-refractivity contribution in [3.8, 4) is 11.3 Å². The molecule has 1 fully saturated rings. The number of sulfone groups is 1. The fourth-order valence-electron chi connectivity index (χ4n) is 3.09. The number of aryl methyl sites for hydroxylation is 1. The van der Waals surface area contributed by atoms with Crippen LogP contribution in [-0.2, 0) is 9.84 Å². The Morgan fingerprint density at radius 3 is 2.76 bits per heavy atom. The van der Waals surface area contributed by atoms with Crippen molar-refractivity contribution in [2.24, 2.45) is 0 Å². The lowest BCUT2D eigenvalue weighted by molar-refractivity contribution is 0.536. The molecule has 21 heavy (non-hydrogen) atoms. The summed E-state index contributed by atoms with van der Waals surface area (Å²) in [6.07, 6.45) is 0.705. The quantitative estimate of drug-likeness (QED) is 0.942. The maximum Gasteiger partial charge on any atom is 0.182 e. The summed E-state index contributed by atoms with van der Waals surface area (Å²) < 4.78 is 25.6. The topological polar surface area (TPSA) is 64.0 Å². The molecule has 0 aromatic carbocycles. The van der Waals surface area contributed by atoms with Crippen molar-refractivity contribution >= 4 is 26.3 Å². The van der Waals surface area contributed by atoms with E-state index in [1.165, 1.54) is 0 Å². The van der Waals surface area contributed by atoms with Gasteiger partial charge in [-0.3, -0.25) is 0 Å². The van der Waals surface area contributed by atoms with Crippen molar-refractivity contribution in [2.75, 3.05) is 23.9 Å². The fraction of sp³-hybridized carbons (Fsp3) is 0.500. The minimum atomic E-state index is -2.88. The van der Waals surface area contributed by atoms with E-state index in [2.05, 4.69) is 20.9 Å². The van der Waals surface area contributed by atoms with Gasteiger partial charge in [-0.05, 0) is 26.3 Å². The summed E-state index contributed by atoms with van der Waals surface area (Å²) in [7, 11) is -1.02. The highest BCUT2D eigenvalue weighted by Crippen LogP contribution is 2.34. The Balaban J connectivity index is 2.01. The summed E-state index contributed by atoms with van der Waals surface area (Å²) in [5.41, 5.74) is 4.24. The average Bonchev–Trinajstić information content (AvgIpc) is 3.08. The molecule has 1 aliphatic rings. The van der Waals surface area contributed by atoms with Gasteiger partial charge in [0.15, 0.2) is 15.0 Å². The van der Waals surface area contributed by atoms with Crippen molar-refractivity contribution < 1.29 is 8.42 Å². The van der Waals surface area contributed by atoms with Gasteiger partial charge in [-0.15, -0.1) is 11.3 Å². The third-order valence-electron chi connectivity index (χ3n) is 4.05. The smallest absolute Gasteiger partial charge is 0.182 e. The molecule has 0 bridgehead atoms. The number of hydrogen-bond donors (Lipinski definition) is 1. The summed E-state index contributed by atoms with van der Waals surface area (Å²) >= 11 is 1.57. The van der Waals surface area contributed by atoms with E-state index >= 15 is 0 Å². The zero-order chi connectivity index (χ0) is 15.2. The van der Waals surface area contributed by atoms with E-state index in [1.54, 1.807) is 11.3 Å². The van der Waals surface area contributed by atoms with E-state index in [9.17, 15) is 8.42 Å². The van der Waals surface area contributed by atoms with E-state index in [4.69, 9.17) is 0 Å². The lowest BCUT2D eigenvalue weighted by Gasteiger charge is -2.16. The molecule has 2 aromatic rings. The van der Waals surface area contributed by atoms with E-state index in [-0.39, 0.29) is 11.8 Å². The van der Waals surface area contributed by atoms with Crippen molar-refractivity contribution in [2.45, 2.75) is 26.3 Å². The molecule has 1 N–H and O–H groups in total. The summed E-state index contributed by atoms with van der Waals surface area (Å²) in [5, 5.41) is 5.96. The number of aromatic nitrogens is 2. The fourth-order valence-corrected chi connectivity index (χ4v) is 5.46. The molecule has 0 unspecified atom stereocenters. The van der Waals surface area contributed by atoms with Crippen molar-refractivity contribution in [3.63, 3.8) is 0 Å². The van der Waals surface area contributed by atoms with Crippen molar-refractivity contribution in [1.29, 1.82) is 0 Å². The number of anilines is 1. The molecule has 2 aromatic heterocycles. The van der Waals surface area contributed by atoms with Crippen LogP contribution in [0.1, 0.15) is 23.9 Å². The molecule has 0 spiro atoms. The van der Waals surface area contributed by atoms with Crippen LogP contribution in [-0.4, -0.2) is 36.5 Å². The van der Waals surface area contributed by atoms with Gasteiger partial charge in [-0.1, -0.05) is 0 Å². The molecule has 1 atom stereocenters. The van der Waals surface area contributed by atoms with Crippen LogP contribution in [0.5, 0.6) is 0 Å². The van der Waals surface area contributed by atoms with Gasteiger partial charge in [-0.2, -0.15) is 0 Å². The molecular formula is C14H19N3O2S2. The maximum absolute atomic E-state index is 11.7. The Hall–Kier alpha value is -1.34. The third-order valence-corrected chi connectivity index (χ3v) is 6.66.